The SMILES string of the molecule is CCCCCCCCCCCCCCC(=O)OC[C@H](O)COC(=O)CCCCCCCCCCCCC(C)CC. The topological polar surface area (TPSA) is 72.8 Å². The highest BCUT2D eigenvalue weighted by atomic mass is 16.6. The molecule has 0 aliphatic heterocycles. The van der Waals surface area contributed by atoms with Gasteiger partial charge >= 0.3 is 11.9 Å². The van der Waals surface area contributed by atoms with Crippen LogP contribution in [-0.4, -0.2) is 36.4 Å². The van der Waals surface area contributed by atoms with Crippen molar-refractivity contribution in [3.63, 3.8) is 0 Å². The Balaban J connectivity index is 3.41. The Hall–Kier alpha value is -1.10. The molecule has 0 aromatic carbocycles. The van der Waals surface area contributed by atoms with Crippen LogP contribution >= 0.6 is 0 Å². The molecule has 0 amide bonds. The minimum absolute atomic E-state index is 0.109. The van der Waals surface area contributed by atoms with Crippen molar-refractivity contribution in [3.8, 4) is 0 Å². The maximum absolute atomic E-state index is 11.9. The van der Waals surface area contributed by atoms with Crippen LogP contribution in [0.5, 0.6) is 0 Å². The van der Waals surface area contributed by atoms with E-state index in [1.807, 2.05) is 0 Å². The van der Waals surface area contributed by atoms with Crippen LogP contribution in [0, 0.1) is 5.92 Å². The average molecular weight is 569 g/mol. The van der Waals surface area contributed by atoms with E-state index < -0.39 is 6.10 Å². The van der Waals surface area contributed by atoms with Gasteiger partial charge in [-0.05, 0) is 18.8 Å². The van der Waals surface area contributed by atoms with E-state index in [1.54, 1.807) is 0 Å². The summed E-state index contributed by atoms with van der Waals surface area (Å²) in [6.45, 7) is 6.67. The Labute approximate surface area is 248 Å². The number of hydrogen-bond acceptors (Lipinski definition) is 5. The molecule has 0 aromatic heterocycles. The largest absolute Gasteiger partial charge is 0.463 e. The molecule has 0 spiro atoms. The molecule has 0 radical (unpaired) electrons. The van der Waals surface area contributed by atoms with Gasteiger partial charge in [0, 0.05) is 12.8 Å². The highest BCUT2D eigenvalue weighted by Gasteiger charge is 2.12. The summed E-state index contributed by atoms with van der Waals surface area (Å²) in [7, 11) is 0. The fourth-order valence-electron chi connectivity index (χ4n) is 5.06. The van der Waals surface area contributed by atoms with E-state index in [0.29, 0.717) is 12.8 Å². The third-order valence-electron chi connectivity index (χ3n) is 8.13. The maximum atomic E-state index is 11.9. The lowest BCUT2D eigenvalue weighted by molar-refractivity contribution is -0.152. The summed E-state index contributed by atoms with van der Waals surface area (Å²) in [6.07, 6.45) is 30.0. The van der Waals surface area contributed by atoms with Gasteiger partial charge in [-0.3, -0.25) is 9.59 Å². The number of carbonyl (C=O) groups excluding carboxylic acids is 2. The summed E-state index contributed by atoms with van der Waals surface area (Å²) < 4.78 is 10.3. The lowest BCUT2D eigenvalue weighted by atomic mass is 9.99. The molecule has 0 aliphatic rings. The molecule has 1 unspecified atom stereocenters. The number of hydrogen-bond donors (Lipinski definition) is 1. The van der Waals surface area contributed by atoms with Crippen LogP contribution in [0.2, 0.25) is 0 Å². The third-order valence-corrected chi connectivity index (χ3v) is 8.13. The first kappa shape index (κ1) is 38.9. The quantitative estimate of drug-likeness (QED) is 0.0665. The Bertz CT molecular complexity index is 550. The van der Waals surface area contributed by atoms with E-state index in [0.717, 1.165) is 31.6 Å². The molecule has 1 N–H and O–H groups in total. The predicted molar refractivity (Wildman–Crippen MR) is 168 cm³/mol. The third kappa shape index (κ3) is 29.9. The van der Waals surface area contributed by atoms with E-state index in [1.165, 1.54) is 128 Å². The first-order chi connectivity index (χ1) is 19.5. The van der Waals surface area contributed by atoms with Gasteiger partial charge in [0.05, 0.1) is 0 Å². The van der Waals surface area contributed by atoms with Crippen LogP contribution < -0.4 is 0 Å². The van der Waals surface area contributed by atoms with E-state index in [-0.39, 0.29) is 25.2 Å². The number of esters is 2. The zero-order chi connectivity index (χ0) is 29.5. The van der Waals surface area contributed by atoms with Gasteiger partial charge < -0.3 is 14.6 Å². The van der Waals surface area contributed by atoms with Crippen molar-refractivity contribution in [2.75, 3.05) is 13.2 Å². The van der Waals surface area contributed by atoms with Gasteiger partial charge in [0.1, 0.15) is 19.3 Å². The molecule has 0 aromatic rings. The normalized spacial score (nSPS) is 12.8. The van der Waals surface area contributed by atoms with Gasteiger partial charge in [-0.25, -0.2) is 0 Å². The van der Waals surface area contributed by atoms with Crippen LogP contribution in [0.25, 0.3) is 0 Å². The molecule has 0 heterocycles. The fraction of sp³-hybridized carbons (Fsp3) is 0.943. The Morgan fingerprint density at radius 2 is 0.850 bits per heavy atom. The molecule has 0 aliphatic carbocycles. The van der Waals surface area contributed by atoms with Crippen LogP contribution in [0.1, 0.15) is 188 Å². The molecular weight excluding hydrogens is 500 g/mol. The van der Waals surface area contributed by atoms with Gasteiger partial charge in [-0.2, -0.15) is 0 Å². The highest BCUT2D eigenvalue weighted by molar-refractivity contribution is 5.69. The predicted octanol–water partition coefficient (Wildman–Crippen LogP) is 10.3. The first-order valence-corrected chi connectivity index (χ1v) is 17.5. The second-order valence-electron chi connectivity index (χ2n) is 12.2. The van der Waals surface area contributed by atoms with Gasteiger partial charge in [-0.15, -0.1) is 0 Å². The smallest absolute Gasteiger partial charge is 0.305 e. The number of rotatable bonds is 31. The fourth-order valence-corrected chi connectivity index (χ4v) is 5.06. The lowest BCUT2D eigenvalue weighted by Crippen LogP contribution is -2.25. The van der Waals surface area contributed by atoms with E-state index >= 15 is 0 Å². The van der Waals surface area contributed by atoms with Gasteiger partial charge in [0.25, 0.3) is 0 Å². The van der Waals surface area contributed by atoms with Crippen molar-refractivity contribution >= 4 is 11.9 Å². The zero-order valence-corrected chi connectivity index (χ0v) is 27.0. The number of unbranched alkanes of at least 4 members (excludes halogenated alkanes) is 20. The molecule has 2 atom stereocenters. The molecule has 0 saturated heterocycles. The monoisotopic (exact) mass is 569 g/mol. The molecule has 0 fully saturated rings. The number of ether oxygens (including phenoxy) is 2. The van der Waals surface area contributed by atoms with Gasteiger partial charge in [0.2, 0.25) is 0 Å². The molecule has 5 nitrogen and oxygen atoms in total. The summed E-state index contributed by atoms with van der Waals surface area (Å²) in [5.41, 5.74) is 0. The maximum Gasteiger partial charge on any atom is 0.305 e. The van der Waals surface area contributed by atoms with E-state index in [4.69, 9.17) is 9.47 Å². The Kier molecular flexibility index (Phi) is 30.0. The lowest BCUT2D eigenvalue weighted by Gasteiger charge is -2.12. The number of carbonyl (C=O) groups is 2. The number of aliphatic hydroxyl groups is 1. The second-order valence-corrected chi connectivity index (χ2v) is 12.2. The number of aliphatic hydroxyl groups excluding tert-OH is 1. The van der Waals surface area contributed by atoms with Crippen molar-refractivity contribution < 1.29 is 24.2 Å². The van der Waals surface area contributed by atoms with Crippen LogP contribution in [0.15, 0.2) is 0 Å². The molecule has 40 heavy (non-hydrogen) atoms. The van der Waals surface area contributed by atoms with E-state index in [9.17, 15) is 14.7 Å². The molecule has 0 rings (SSSR count). The summed E-state index contributed by atoms with van der Waals surface area (Å²) in [6, 6.07) is 0. The highest BCUT2D eigenvalue weighted by Crippen LogP contribution is 2.16. The van der Waals surface area contributed by atoms with Crippen molar-refractivity contribution in [1.82, 2.24) is 0 Å². The van der Waals surface area contributed by atoms with Crippen LogP contribution in [-0.2, 0) is 19.1 Å². The Morgan fingerprint density at radius 3 is 1.20 bits per heavy atom. The Morgan fingerprint density at radius 1 is 0.525 bits per heavy atom. The minimum atomic E-state index is -0.954. The molecule has 0 bridgehead atoms. The molecule has 238 valence electrons. The summed E-state index contributed by atoms with van der Waals surface area (Å²) in [5.74, 6) is 0.323. The van der Waals surface area contributed by atoms with Crippen LogP contribution in [0.4, 0.5) is 0 Å². The van der Waals surface area contributed by atoms with Gasteiger partial charge in [0.15, 0.2) is 0 Å². The van der Waals surface area contributed by atoms with Gasteiger partial charge in [-0.1, -0.05) is 162 Å². The zero-order valence-electron chi connectivity index (χ0n) is 27.0. The summed E-state index contributed by atoms with van der Waals surface area (Å²) >= 11 is 0. The van der Waals surface area contributed by atoms with Crippen molar-refractivity contribution in [1.29, 1.82) is 0 Å². The summed E-state index contributed by atoms with van der Waals surface area (Å²) in [4.78, 5) is 23.8. The van der Waals surface area contributed by atoms with Crippen molar-refractivity contribution in [2.24, 2.45) is 5.92 Å². The summed E-state index contributed by atoms with van der Waals surface area (Å²) in [5, 5.41) is 9.96. The molecular formula is C35H68O5. The standard InChI is InChI=1S/C35H68O5/c1-4-6-7-8-9-10-11-12-16-19-22-25-28-34(37)39-30-33(36)31-40-35(38)29-26-23-20-17-14-13-15-18-21-24-27-32(3)5-2/h32-33,36H,4-31H2,1-3H3/t32?,33-/m0/s1. The second kappa shape index (κ2) is 30.8. The molecule has 0 saturated carbocycles. The average Bonchev–Trinajstić information content (AvgIpc) is 2.95. The van der Waals surface area contributed by atoms with E-state index in [2.05, 4.69) is 20.8 Å². The van der Waals surface area contributed by atoms with Crippen molar-refractivity contribution in [3.05, 3.63) is 0 Å². The molecule has 5 heteroatoms. The van der Waals surface area contributed by atoms with Crippen molar-refractivity contribution in [2.45, 2.75) is 194 Å². The van der Waals surface area contributed by atoms with Crippen LogP contribution in [0.3, 0.4) is 0 Å². The first-order valence-electron chi connectivity index (χ1n) is 17.5. The minimum Gasteiger partial charge on any atom is -0.463 e.